The summed E-state index contributed by atoms with van der Waals surface area (Å²) < 4.78 is 5.90. The fourth-order valence-corrected chi connectivity index (χ4v) is 14.6. The molecule has 9 rings (SSSR count). The summed E-state index contributed by atoms with van der Waals surface area (Å²) in [5, 5.41) is 72.1. The van der Waals surface area contributed by atoms with Crippen molar-refractivity contribution in [1.82, 2.24) is 10.6 Å². The Hall–Kier alpha value is -2.18. The van der Waals surface area contributed by atoms with Crippen LogP contribution in [0.2, 0.25) is 0 Å². The predicted octanol–water partition coefficient (Wildman–Crippen LogP) is 1.42. The second-order valence-corrected chi connectivity index (χ2v) is 18.0. The highest BCUT2D eigenvalue weighted by Gasteiger charge is 2.87. The van der Waals surface area contributed by atoms with Crippen molar-refractivity contribution in [3.05, 3.63) is 47.6 Å². The Balaban J connectivity index is 1.22. The van der Waals surface area contributed by atoms with Gasteiger partial charge in [0.1, 0.15) is 23.6 Å². The van der Waals surface area contributed by atoms with Crippen LogP contribution >= 0.6 is 0 Å². The summed E-state index contributed by atoms with van der Waals surface area (Å²) in [6, 6.07) is 0. The first-order valence-electron chi connectivity index (χ1n) is 19.1. The third kappa shape index (κ3) is 3.74. The van der Waals surface area contributed by atoms with E-state index < -0.39 is 81.5 Å². The number of rotatable bonds is 6. The number of allylic oxidation sites excluding steroid dienone is 5. The predicted molar refractivity (Wildman–Crippen MR) is 183 cm³/mol. The Morgan fingerprint density at radius 3 is 2.54 bits per heavy atom. The van der Waals surface area contributed by atoms with Gasteiger partial charge >= 0.3 is 5.97 Å². The molecule has 0 amide bonds. The smallest absolute Gasteiger partial charge is 0.331 e. The van der Waals surface area contributed by atoms with Gasteiger partial charge in [0, 0.05) is 48.9 Å². The van der Waals surface area contributed by atoms with Crippen LogP contribution in [0.25, 0.3) is 0 Å². The SMILES string of the molecule is CNCCNCC1=C[C@@H]2C[C@]3(O)[C@]4(O)[C@@H](O)[C@@H]5C[C@H]6[C@H](C=CC[C@@H]6C)C[C@H]6[C@@H](O)C[C@@H]7C=C[C@H](C[C@]3(C)[C@H]2C2=CC(=O)O[C@@H]12)[C@@H]4[C@]7(C=O)[C@@]65O. The van der Waals surface area contributed by atoms with Crippen LogP contribution in [-0.2, 0) is 14.3 Å². The largest absolute Gasteiger partial charge is 0.450 e. The number of hydrogen-bond acceptors (Lipinski definition) is 10. The number of carbonyl (C=O) groups excluding carboxylic acids is 2. The minimum atomic E-state index is -2.16. The zero-order chi connectivity index (χ0) is 35.2. The lowest BCUT2D eigenvalue weighted by Crippen LogP contribution is -2.88. The van der Waals surface area contributed by atoms with Gasteiger partial charge in [0.05, 0.1) is 23.2 Å². The Kier molecular flexibility index (Phi) is 7.36. The number of ether oxygens (including phenoxy) is 1. The number of esters is 1. The summed E-state index contributed by atoms with van der Waals surface area (Å²) in [6.07, 6.45) is 12.4. The topological polar surface area (TPSA) is 169 Å². The molecule has 0 aromatic carbocycles. The van der Waals surface area contributed by atoms with Gasteiger partial charge in [-0.1, -0.05) is 44.2 Å². The minimum absolute atomic E-state index is 0.0591. The van der Waals surface area contributed by atoms with Crippen molar-refractivity contribution in [2.75, 3.05) is 26.7 Å². The summed E-state index contributed by atoms with van der Waals surface area (Å²) in [4.78, 5) is 27.0. The van der Waals surface area contributed by atoms with Gasteiger partial charge in [-0.05, 0) is 98.1 Å². The maximum absolute atomic E-state index is 14.1. The Morgan fingerprint density at radius 2 is 1.78 bits per heavy atom. The number of carbonyl (C=O) groups is 2. The lowest BCUT2D eigenvalue weighted by Gasteiger charge is -2.76. The monoisotopic (exact) mass is 690 g/mol. The minimum Gasteiger partial charge on any atom is -0.450 e. The molecule has 7 N–H and O–H groups in total. The maximum atomic E-state index is 14.1. The van der Waals surface area contributed by atoms with E-state index in [0.29, 0.717) is 25.8 Å². The van der Waals surface area contributed by atoms with Crippen LogP contribution in [0.1, 0.15) is 52.4 Å². The Bertz CT molecular complexity index is 1610. The molecule has 0 unspecified atom stereocenters. The summed E-state index contributed by atoms with van der Waals surface area (Å²) in [5.41, 5.74) is -6.64. The van der Waals surface area contributed by atoms with Crippen LogP contribution in [0.5, 0.6) is 0 Å². The molecular formula is C40H54N2O8. The summed E-state index contributed by atoms with van der Waals surface area (Å²) in [7, 11) is 1.89. The van der Waals surface area contributed by atoms with Gasteiger partial charge in [-0.25, -0.2) is 4.79 Å². The highest BCUT2D eigenvalue weighted by molar-refractivity contribution is 5.87. The molecule has 10 heteroatoms. The molecule has 0 aromatic rings. The molecular weight excluding hydrogens is 636 g/mol. The van der Waals surface area contributed by atoms with Crippen molar-refractivity contribution in [2.24, 2.45) is 70.0 Å². The van der Waals surface area contributed by atoms with Crippen LogP contribution in [0.15, 0.2) is 47.6 Å². The Morgan fingerprint density at radius 1 is 0.980 bits per heavy atom. The zero-order valence-electron chi connectivity index (χ0n) is 29.4. The van der Waals surface area contributed by atoms with Crippen molar-refractivity contribution in [3.8, 4) is 0 Å². The van der Waals surface area contributed by atoms with Crippen LogP contribution in [0.3, 0.4) is 0 Å². The number of likely N-dealkylation sites (N-methyl/N-ethyl adjacent to an activating group) is 1. The zero-order valence-corrected chi connectivity index (χ0v) is 29.4. The molecule has 1 aliphatic heterocycles. The van der Waals surface area contributed by atoms with E-state index in [1.165, 1.54) is 0 Å². The normalized spacial score (nSPS) is 56.5. The van der Waals surface area contributed by atoms with Crippen molar-refractivity contribution in [2.45, 2.75) is 87.5 Å². The third-order valence-electron chi connectivity index (χ3n) is 16.4. The molecule has 5 fully saturated rings. The molecule has 1 heterocycles. The van der Waals surface area contributed by atoms with E-state index in [2.05, 4.69) is 35.8 Å². The molecule has 5 saturated carbocycles. The molecule has 9 aliphatic rings. The van der Waals surface area contributed by atoms with E-state index >= 15 is 0 Å². The third-order valence-corrected chi connectivity index (χ3v) is 16.4. The second kappa shape index (κ2) is 10.9. The Labute approximate surface area is 294 Å². The van der Waals surface area contributed by atoms with E-state index in [0.717, 1.165) is 36.9 Å². The van der Waals surface area contributed by atoms with E-state index in [9.17, 15) is 35.1 Å². The summed E-state index contributed by atoms with van der Waals surface area (Å²) in [6.45, 7) is 6.16. The fourth-order valence-electron chi connectivity index (χ4n) is 14.6. The number of aldehydes is 1. The van der Waals surface area contributed by atoms with Crippen LogP contribution in [0, 0.1) is 70.0 Å². The average molecular weight is 691 g/mol. The number of fused-ring (bicyclic) bond motifs is 7. The van der Waals surface area contributed by atoms with E-state index in [1.807, 2.05) is 26.1 Å². The van der Waals surface area contributed by atoms with Gasteiger partial charge < -0.3 is 45.7 Å². The van der Waals surface area contributed by atoms with Gasteiger partial charge in [-0.3, -0.25) is 0 Å². The fraction of sp³-hybridized carbons (Fsp3) is 0.750. The van der Waals surface area contributed by atoms with Crippen molar-refractivity contribution in [3.63, 3.8) is 0 Å². The molecule has 0 spiro atoms. The second-order valence-electron chi connectivity index (χ2n) is 18.0. The molecule has 0 radical (unpaired) electrons. The van der Waals surface area contributed by atoms with Crippen LogP contribution in [0.4, 0.5) is 0 Å². The van der Waals surface area contributed by atoms with Crippen molar-refractivity contribution in [1.29, 1.82) is 0 Å². The first-order valence-corrected chi connectivity index (χ1v) is 19.1. The lowest BCUT2D eigenvalue weighted by molar-refractivity contribution is -0.388. The van der Waals surface area contributed by atoms with E-state index in [-0.39, 0.29) is 42.4 Å². The summed E-state index contributed by atoms with van der Waals surface area (Å²) >= 11 is 0. The molecule has 50 heavy (non-hydrogen) atoms. The highest BCUT2D eigenvalue weighted by atomic mass is 16.5. The van der Waals surface area contributed by atoms with Gasteiger partial charge in [-0.15, -0.1) is 0 Å². The van der Waals surface area contributed by atoms with E-state index in [4.69, 9.17) is 4.74 Å². The number of hydrogen-bond donors (Lipinski definition) is 7. The number of aliphatic hydroxyl groups excluding tert-OH is 2. The summed E-state index contributed by atoms with van der Waals surface area (Å²) in [5.74, 6) is -4.25. The van der Waals surface area contributed by atoms with Gasteiger partial charge in [0.25, 0.3) is 0 Å². The number of nitrogens with one attached hydrogen (secondary N) is 2. The molecule has 18 atom stereocenters. The quantitative estimate of drug-likeness (QED) is 0.0938. The first-order chi connectivity index (χ1) is 23.8. The van der Waals surface area contributed by atoms with Crippen LogP contribution in [-0.4, -0.2) is 99.6 Å². The first kappa shape index (κ1) is 33.6. The molecule has 0 saturated heterocycles. The van der Waals surface area contributed by atoms with Crippen molar-refractivity contribution < 1.29 is 39.9 Å². The van der Waals surface area contributed by atoms with Crippen LogP contribution < -0.4 is 10.6 Å². The standard InChI is InChI=1S/C40H54N2O8/c1-20-5-4-6-21-12-28-30(44)13-25-8-7-22-16-36(2)32-23(11-24(18-42-10-9-41-3)33-27(32)15-31(45)50-33)17-38(36,47)40(49)34(22)37(25,19-43)39(28,48)29(35(40)46)14-26(20)21/h4,6-8,11,15,19-23,25-26,28-30,32-35,41-42,44,46-49H,5,9-10,12-14,16-18H2,1-3H3/t20-,21+,22+,23+,25-,26+,28-,29-,30-,32+,33-,34+,35-,36+,37+,38+,39+,40+/m0/s1. The average Bonchev–Trinajstić information content (AvgIpc) is 3.52. The molecule has 272 valence electrons. The lowest BCUT2D eigenvalue weighted by atomic mass is 9.31. The van der Waals surface area contributed by atoms with E-state index in [1.54, 1.807) is 6.08 Å². The molecule has 0 bridgehead atoms. The highest BCUT2D eigenvalue weighted by Crippen LogP contribution is 2.79. The molecule has 8 aliphatic carbocycles. The number of aliphatic hydroxyl groups is 5. The van der Waals surface area contributed by atoms with Gasteiger partial charge in [-0.2, -0.15) is 0 Å². The molecule has 0 aromatic heterocycles. The maximum Gasteiger partial charge on any atom is 0.331 e. The van der Waals surface area contributed by atoms with Gasteiger partial charge in [0.2, 0.25) is 0 Å². The van der Waals surface area contributed by atoms with Gasteiger partial charge in [0.15, 0.2) is 0 Å². The molecule has 10 nitrogen and oxygen atoms in total. The van der Waals surface area contributed by atoms with Crippen molar-refractivity contribution >= 4 is 12.3 Å².